The average Bonchev–Trinajstić information content (AvgIpc) is 2.18. The van der Waals surface area contributed by atoms with E-state index in [-0.39, 0.29) is 5.60 Å². The normalized spacial score (nSPS) is 11.8. The third kappa shape index (κ3) is 5.75. The maximum atomic E-state index is 13.2. The molecule has 0 aliphatic heterocycles. The Kier molecular flexibility index (Phi) is 5.02. The van der Waals surface area contributed by atoms with Crippen LogP contribution in [0.5, 0.6) is 0 Å². The van der Waals surface area contributed by atoms with Crippen LogP contribution in [-0.2, 0) is 11.3 Å². The van der Waals surface area contributed by atoms with E-state index in [4.69, 9.17) is 4.74 Å². The summed E-state index contributed by atoms with van der Waals surface area (Å²) < 4.78 is 31.4. The molecule has 1 aromatic carbocycles. The number of halogens is 2. The number of rotatable bonds is 5. The van der Waals surface area contributed by atoms with E-state index in [0.717, 1.165) is 6.07 Å². The molecule has 0 atom stereocenters. The highest BCUT2D eigenvalue weighted by molar-refractivity contribution is 5.18. The number of ether oxygens (including phenoxy) is 1. The fraction of sp³-hybridized carbons (Fsp3) is 0.538. The van der Waals surface area contributed by atoms with Gasteiger partial charge in [-0.2, -0.15) is 0 Å². The smallest absolute Gasteiger partial charge is 0.130 e. The van der Waals surface area contributed by atoms with Gasteiger partial charge < -0.3 is 10.1 Å². The van der Waals surface area contributed by atoms with Gasteiger partial charge in [-0.05, 0) is 26.8 Å². The lowest BCUT2D eigenvalue weighted by Crippen LogP contribution is -2.26. The third-order valence-electron chi connectivity index (χ3n) is 2.14. The molecule has 0 bridgehead atoms. The van der Waals surface area contributed by atoms with E-state index in [2.05, 4.69) is 5.32 Å². The highest BCUT2D eigenvalue weighted by atomic mass is 19.1. The topological polar surface area (TPSA) is 21.3 Å². The van der Waals surface area contributed by atoms with Crippen molar-refractivity contribution in [3.05, 3.63) is 35.4 Å². The molecule has 0 fully saturated rings. The largest absolute Gasteiger partial charge is 0.375 e. The van der Waals surface area contributed by atoms with E-state index in [1.165, 1.54) is 12.1 Å². The van der Waals surface area contributed by atoms with Crippen molar-refractivity contribution in [3.63, 3.8) is 0 Å². The van der Waals surface area contributed by atoms with Gasteiger partial charge in [0, 0.05) is 24.7 Å². The van der Waals surface area contributed by atoms with Crippen molar-refractivity contribution < 1.29 is 13.5 Å². The predicted octanol–water partition coefficient (Wildman–Crippen LogP) is 2.87. The summed E-state index contributed by atoms with van der Waals surface area (Å²) in [6, 6.07) is 3.59. The number of hydrogen-bond acceptors (Lipinski definition) is 2. The maximum Gasteiger partial charge on any atom is 0.130 e. The summed E-state index contributed by atoms with van der Waals surface area (Å²) >= 11 is 0. The molecule has 1 rings (SSSR count). The fourth-order valence-electron chi connectivity index (χ4n) is 1.32. The summed E-state index contributed by atoms with van der Waals surface area (Å²) in [5.74, 6) is -1.07. The van der Waals surface area contributed by atoms with Crippen molar-refractivity contribution in [1.29, 1.82) is 0 Å². The van der Waals surface area contributed by atoms with E-state index < -0.39 is 11.6 Å². The predicted molar refractivity (Wildman–Crippen MR) is 63.8 cm³/mol. The van der Waals surface area contributed by atoms with E-state index in [0.29, 0.717) is 25.3 Å². The van der Waals surface area contributed by atoms with Crippen LogP contribution in [-0.4, -0.2) is 18.8 Å². The van der Waals surface area contributed by atoms with Gasteiger partial charge in [0.15, 0.2) is 0 Å². The molecule has 0 aromatic heterocycles. The van der Waals surface area contributed by atoms with Gasteiger partial charge in [-0.3, -0.25) is 0 Å². The molecule has 4 heteroatoms. The zero-order valence-electron chi connectivity index (χ0n) is 10.5. The van der Waals surface area contributed by atoms with Crippen LogP contribution in [0.25, 0.3) is 0 Å². The monoisotopic (exact) mass is 243 g/mol. The van der Waals surface area contributed by atoms with E-state index in [9.17, 15) is 8.78 Å². The first-order valence-corrected chi connectivity index (χ1v) is 5.67. The maximum absolute atomic E-state index is 13.2. The van der Waals surface area contributed by atoms with Gasteiger partial charge in [0.2, 0.25) is 0 Å². The van der Waals surface area contributed by atoms with Crippen molar-refractivity contribution in [2.24, 2.45) is 0 Å². The Hall–Kier alpha value is -1.00. The molecule has 0 radical (unpaired) electrons. The Balaban J connectivity index is 2.27. The summed E-state index contributed by atoms with van der Waals surface area (Å²) in [5, 5.41) is 3.05. The van der Waals surface area contributed by atoms with E-state index in [1.54, 1.807) is 0 Å². The second-order valence-electron chi connectivity index (χ2n) is 4.87. The quantitative estimate of drug-likeness (QED) is 0.803. The standard InChI is InChI=1S/C13H19F2NO/c1-13(2,3)17-7-6-16-9-10-4-5-11(14)8-12(10)15/h4-5,8,16H,6-7,9H2,1-3H3. The molecule has 0 aliphatic rings. The Morgan fingerprint density at radius 2 is 1.94 bits per heavy atom. The summed E-state index contributed by atoms with van der Waals surface area (Å²) in [4.78, 5) is 0. The first-order chi connectivity index (χ1) is 7.88. The average molecular weight is 243 g/mol. The molecule has 2 nitrogen and oxygen atoms in total. The Labute approximate surface area is 101 Å². The molecule has 0 amide bonds. The molecule has 1 aromatic rings. The Morgan fingerprint density at radius 3 is 2.53 bits per heavy atom. The van der Waals surface area contributed by atoms with Crippen LogP contribution in [0.2, 0.25) is 0 Å². The lowest BCUT2D eigenvalue weighted by molar-refractivity contribution is -0.000907. The molecule has 0 spiro atoms. The van der Waals surface area contributed by atoms with Gasteiger partial charge >= 0.3 is 0 Å². The molecule has 0 heterocycles. The highest BCUT2D eigenvalue weighted by Crippen LogP contribution is 2.09. The molecular weight excluding hydrogens is 224 g/mol. The van der Waals surface area contributed by atoms with Crippen molar-refractivity contribution in [2.75, 3.05) is 13.2 Å². The Morgan fingerprint density at radius 1 is 1.24 bits per heavy atom. The lowest BCUT2D eigenvalue weighted by Gasteiger charge is -2.19. The summed E-state index contributed by atoms with van der Waals surface area (Å²) in [6.07, 6.45) is 0. The second-order valence-corrected chi connectivity index (χ2v) is 4.87. The van der Waals surface area contributed by atoms with Gasteiger partial charge in [0.05, 0.1) is 12.2 Å². The molecule has 0 saturated carbocycles. The van der Waals surface area contributed by atoms with Gasteiger partial charge in [0.25, 0.3) is 0 Å². The molecule has 96 valence electrons. The molecular formula is C13H19F2NO. The van der Waals surface area contributed by atoms with Gasteiger partial charge in [-0.15, -0.1) is 0 Å². The molecule has 1 N–H and O–H groups in total. The minimum atomic E-state index is -0.553. The first-order valence-electron chi connectivity index (χ1n) is 5.67. The minimum Gasteiger partial charge on any atom is -0.375 e. The van der Waals surface area contributed by atoms with E-state index in [1.807, 2.05) is 20.8 Å². The number of nitrogens with one attached hydrogen (secondary N) is 1. The molecule has 0 aliphatic carbocycles. The van der Waals surface area contributed by atoms with Gasteiger partial charge in [-0.25, -0.2) is 8.78 Å². The van der Waals surface area contributed by atoms with Crippen LogP contribution in [0.15, 0.2) is 18.2 Å². The SMILES string of the molecule is CC(C)(C)OCCNCc1ccc(F)cc1F. The summed E-state index contributed by atoms with van der Waals surface area (Å²) in [7, 11) is 0. The van der Waals surface area contributed by atoms with Crippen LogP contribution in [0.1, 0.15) is 26.3 Å². The van der Waals surface area contributed by atoms with Crippen LogP contribution in [0.4, 0.5) is 8.78 Å². The summed E-state index contributed by atoms with van der Waals surface area (Å²) in [5.41, 5.74) is 0.296. The second kappa shape index (κ2) is 6.07. The molecule has 17 heavy (non-hydrogen) atoms. The zero-order chi connectivity index (χ0) is 12.9. The summed E-state index contributed by atoms with van der Waals surface area (Å²) in [6.45, 7) is 7.51. The lowest BCUT2D eigenvalue weighted by atomic mass is 10.2. The van der Waals surface area contributed by atoms with Crippen LogP contribution in [0, 0.1) is 11.6 Å². The number of hydrogen-bond donors (Lipinski definition) is 1. The van der Waals surface area contributed by atoms with Gasteiger partial charge in [-0.1, -0.05) is 6.07 Å². The third-order valence-corrected chi connectivity index (χ3v) is 2.14. The first kappa shape index (κ1) is 14.1. The van der Waals surface area contributed by atoms with Crippen molar-refractivity contribution in [2.45, 2.75) is 32.9 Å². The fourth-order valence-corrected chi connectivity index (χ4v) is 1.32. The van der Waals surface area contributed by atoms with Crippen LogP contribution in [0.3, 0.4) is 0 Å². The van der Waals surface area contributed by atoms with Crippen molar-refractivity contribution in [1.82, 2.24) is 5.32 Å². The molecule has 0 saturated heterocycles. The van der Waals surface area contributed by atoms with Crippen LogP contribution < -0.4 is 5.32 Å². The molecule has 0 unspecified atom stereocenters. The van der Waals surface area contributed by atoms with E-state index >= 15 is 0 Å². The van der Waals surface area contributed by atoms with Crippen molar-refractivity contribution >= 4 is 0 Å². The van der Waals surface area contributed by atoms with Gasteiger partial charge in [0.1, 0.15) is 11.6 Å². The zero-order valence-corrected chi connectivity index (χ0v) is 10.5. The van der Waals surface area contributed by atoms with Crippen LogP contribution >= 0.6 is 0 Å². The highest BCUT2D eigenvalue weighted by Gasteiger charge is 2.09. The van der Waals surface area contributed by atoms with Crippen molar-refractivity contribution in [3.8, 4) is 0 Å². The number of benzene rings is 1. The Bertz CT molecular complexity index is 361. The minimum absolute atomic E-state index is 0.164.